The number of aromatic nitrogens is 3. The molecule has 31 heavy (non-hydrogen) atoms. The highest BCUT2D eigenvalue weighted by Gasteiger charge is 2.62. The Kier molecular flexibility index (Phi) is 4.79. The molecular formula is C21H22F3N5O2. The van der Waals surface area contributed by atoms with Crippen molar-refractivity contribution in [2.75, 3.05) is 0 Å². The van der Waals surface area contributed by atoms with Gasteiger partial charge in [-0.1, -0.05) is 45.9 Å². The van der Waals surface area contributed by atoms with E-state index in [0.717, 1.165) is 0 Å². The van der Waals surface area contributed by atoms with Crippen LogP contribution in [0.5, 0.6) is 0 Å². The van der Waals surface area contributed by atoms with Crippen molar-refractivity contribution in [1.82, 2.24) is 14.9 Å². The predicted molar refractivity (Wildman–Crippen MR) is 107 cm³/mol. The van der Waals surface area contributed by atoms with Crippen LogP contribution in [0.4, 0.5) is 13.2 Å². The smallest absolute Gasteiger partial charge is 0.453 e. The minimum Gasteiger partial charge on any atom is -0.474 e. The number of carbonyl (C=O) groups is 1. The summed E-state index contributed by atoms with van der Waals surface area (Å²) in [7, 11) is 0. The Balaban J connectivity index is 1.59. The van der Waals surface area contributed by atoms with Crippen LogP contribution in [0.2, 0.25) is 0 Å². The van der Waals surface area contributed by atoms with Crippen molar-refractivity contribution >= 4 is 17.5 Å². The van der Waals surface area contributed by atoms with Crippen LogP contribution >= 0.6 is 0 Å². The minimum absolute atomic E-state index is 0.141. The molecule has 0 atom stereocenters. The molecule has 1 amide bonds. The number of hydrogen-bond donors (Lipinski definition) is 0. The van der Waals surface area contributed by atoms with E-state index in [1.165, 1.54) is 0 Å². The monoisotopic (exact) mass is 433 g/mol. The fourth-order valence-corrected chi connectivity index (χ4v) is 4.58. The fraction of sp³-hybridized carbons (Fsp3) is 0.476. The predicted octanol–water partition coefficient (Wildman–Crippen LogP) is 4.14. The second kappa shape index (κ2) is 7.00. The largest absolute Gasteiger partial charge is 0.474 e. The maximum atomic E-state index is 13.2. The maximum Gasteiger partial charge on any atom is 0.453 e. The summed E-state index contributed by atoms with van der Waals surface area (Å²) in [6.45, 7) is 7.59. The summed E-state index contributed by atoms with van der Waals surface area (Å²) in [5, 5.41) is 10.8. The van der Waals surface area contributed by atoms with Crippen LogP contribution in [-0.4, -0.2) is 38.5 Å². The van der Waals surface area contributed by atoms with Gasteiger partial charge in [-0.25, -0.2) is 4.99 Å². The van der Waals surface area contributed by atoms with Gasteiger partial charge in [0.25, 0.3) is 11.7 Å². The first kappa shape index (κ1) is 21.2. The Morgan fingerprint density at radius 2 is 1.74 bits per heavy atom. The molecule has 1 saturated carbocycles. The zero-order chi connectivity index (χ0) is 22.6. The maximum absolute atomic E-state index is 13.2. The summed E-state index contributed by atoms with van der Waals surface area (Å²) in [5.41, 5.74) is -0.0354. The molecule has 1 aliphatic carbocycles. The molecule has 0 unspecified atom stereocenters. The number of halogens is 3. The van der Waals surface area contributed by atoms with E-state index in [1.807, 2.05) is 33.8 Å². The minimum atomic E-state index is -4.66. The molecule has 0 N–H and O–H groups in total. The average molecular weight is 433 g/mol. The van der Waals surface area contributed by atoms with E-state index in [9.17, 15) is 18.0 Å². The number of alkyl halides is 3. The van der Waals surface area contributed by atoms with Crippen molar-refractivity contribution in [2.24, 2.45) is 20.9 Å². The average Bonchev–Trinajstić information content (AvgIpc) is 3.14. The van der Waals surface area contributed by atoms with E-state index in [0.29, 0.717) is 22.4 Å². The molecule has 0 saturated heterocycles. The number of carbonyl (C=O) groups excluding carboxylic acids is 1. The van der Waals surface area contributed by atoms with Crippen molar-refractivity contribution in [2.45, 2.75) is 52.8 Å². The standard InChI is InChI=1S/C21H22F3N5O2/c1-19(2)16(25-15(30)12-8-6-5-7-9-12)20(3,4)17(19)31-14-11-10-13-26-27-18(21(22,23)24)29(13)28-14/h5-9,17H,10-11H2,1-4H3. The number of amides is 1. The van der Waals surface area contributed by atoms with E-state index >= 15 is 0 Å². The lowest BCUT2D eigenvalue weighted by atomic mass is 9.51. The van der Waals surface area contributed by atoms with Gasteiger partial charge in [0.15, 0.2) is 5.82 Å². The van der Waals surface area contributed by atoms with Gasteiger partial charge in [-0.3, -0.25) is 4.79 Å². The van der Waals surface area contributed by atoms with Crippen LogP contribution in [0.1, 0.15) is 56.1 Å². The van der Waals surface area contributed by atoms with Gasteiger partial charge < -0.3 is 4.74 Å². The number of aryl methyl sites for hydroxylation is 1. The quantitative estimate of drug-likeness (QED) is 0.713. The second-order valence-corrected chi connectivity index (χ2v) is 8.82. The lowest BCUT2D eigenvalue weighted by Gasteiger charge is -2.57. The molecule has 0 spiro atoms. The number of fused-ring (bicyclic) bond motifs is 1. The Hall–Kier alpha value is -3.04. The number of rotatable bonds is 2. The SMILES string of the molecule is CC1(C)C(=NC(=O)c2ccccc2)C(C)(C)C1OC1=Nn2c(nnc2C(F)(F)F)CC1. The van der Waals surface area contributed by atoms with Crippen LogP contribution in [0.3, 0.4) is 0 Å². The van der Waals surface area contributed by atoms with Crippen molar-refractivity contribution in [1.29, 1.82) is 0 Å². The lowest BCUT2D eigenvalue weighted by Crippen LogP contribution is -2.66. The number of aliphatic imine (C=N–C) groups is 1. The molecule has 0 radical (unpaired) electrons. The molecule has 7 nitrogen and oxygen atoms in total. The molecule has 1 aromatic carbocycles. The fourth-order valence-electron chi connectivity index (χ4n) is 4.58. The highest BCUT2D eigenvalue weighted by atomic mass is 19.4. The molecule has 0 bridgehead atoms. The van der Waals surface area contributed by atoms with Gasteiger partial charge in [0, 0.05) is 34.9 Å². The molecule has 1 fully saturated rings. The Bertz CT molecular complexity index is 1070. The van der Waals surface area contributed by atoms with E-state index in [4.69, 9.17) is 4.74 Å². The topological polar surface area (TPSA) is 81.7 Å². The van der Waals surface area contributed by atoms with Crippen LogP contribution in [0, 0.1) is 10.8 Å². The Morgan fingerprint density at radius 3 is 2.35 bits per heavy atom. The van der Waals surface area contributed by atoms with Gasteiger partial charge in [-0.15, -0.1) is 15.3 Å². The number of hydrogen-bond acceptors (Lipinski definition) is 5. The van der Waals surface area contributed by atoms with Crippen molar-refractivity contribution in [3.8, 4) is 0 Å². The second-order valence-electron chi connectivity index (χ2n) is 8.82. The molecule has 1 aliphatic heterocycles. The van der Waals surface area contributed by atoms with E-state index < -0.39 is 28.9 Å². The lowest BCUT2D eigenvalue weighted by molar-refractivity contribution is -0.147. The van der Waals surface area contributed by atoms with Gasteiger partial charge in [0.1, 0.15) is 6.10 Å². The molecule has 2 heterocycles. The van der Waals surface area contributed by atoms with Gasteiger partial charge in [0.2, 0.25) is 5.90 Å². The Morgan fingerprint density at radius 1 is 1.10 bits per heavy atom. The molecule has 1 aromatic heterocycles. The van der Waals surface area contributed by atoms with E-state index in [-0.39, 0.29) is 24.1 Å². The molecule has 164 valence electrons. The Labute approximate surface area is 177 Å². The van der Waals surface area contributed by atoms with Crippen molar-refractivity contribution < 1.29 is 22.7 Å². The van der Waals surface area contributed by atoms with Crippen LogP contribution in [0.15, 0.2) is 40.4 Å². The summed E-state index contributed by atoms with van der Waals surface area (Å²) in [5.74, 6) is -1.19. The molecule has 2 aliphatic rings. The third-order valence-electron chi connectivity index (χ3n) is 5.75. The van der Waals surface area contributed by atoms with Crippen molar-refractivity contribution in [3.63, 3.8) is 0 Å². The zero-order valence-corrected chi connectivity index (χ0v) is 17.6. The summed E-state index contributed by atoms with van der Waals surface area (Å²) in [4.78, 5) is 16.9. The highest BCUT2D eigenvalue weighted by molar-refractivity contribution is 6.11. The third kappa shape index (κ3) is 3.53. The first-order valence-electron chi connectivity index (χ1n) is 9.87. The number of benzene rings is 1. The molecule has 2 aromatic rings. The molecule has 10 heteroatoms. The molecule has 4 rings (SSSR count). The summed E-state index contributed by atoms with van der Waals surface area (Å²) in [6, 6.07) is 8.76. The van der Waals surface area contributed by atoms with Gasteiger partial charge in [-0.05, 0) is 12.1 Å². The first-order valence-corrected chi connectivity index (χ1v) is 9.87. The third-order valence-corrected chi connectivity index (χ3v) is 5.75. The summed E-state index contributed by atoms with van der Waals surface area (Å²) in [6.07, 6.45) is -4.53. The van der Waals surface area contributed by atoms with E-state index in [1.54, 1.807) is 24.3 Å². The first-order chi connectivity index (χ1) is 14.4. The number of nitrogens with zero attached hydrogens (tertiary/aromatic N) is 5. The normalized spacial score (nSPS) is 21.6. The van der Waals surface area contributed by atoms with Gasteiger partial charge in [-0.2, -0.15) is 17.8 Å². The molecular weight excluding hydrogens is 411 g/mol. The highest BCUT2D eigenvalue weighted by Crippen LogP contribution is 2.53. The summed E-state index contributed by atoms with van der Waals surface area (Å²) < 4.78 is 46.2. The van der Waals surface area contributed by atoms with Gasteiger partial charge >= 0.3 is 6.18 Å². The van der Waals surface area contributed by atoms with Crippen LogP contribution < -0.4 is 0 Å². The summed E-state index contributed by atoms with van der Waals surface area (Å²) >= 11 is 0. The van der Waals surface area contributed by atoms with E-state index in [2.05, 4.69) is 20.3 Å². The van der Waals surface area contributed by atoms with Crippen LogP contribution in [-0.2, 0) is 17.3 Å². The number of ether oxygens (including phenoxy) is 1. The zero-order valence-electron chi connectivity index (χ0n) is 17.6. The van der Waals surface area contributed by atoms with Crippen molar-refractivity contribution in [3.05, 3.63) is 47.5 Å². The van der Waals surface area contributed by atoms with Gasteiger partial charge in [0.05, 0.1) is 0 Å². The van der Waals surface area contributed by atoms with Crippen LogP contribution in [0.25, 0.3) is 0 Å².